The highest BCUT2D eigenvalue weighted by Gasteiger charge is 2.20. The molecule has 1 aliphatic carbocycles. The number of pyridine rings is 1. The fourth-order valence-electron chi connectivity index (χ4n) is 1.85. The molecule has 3 rings (SSSR count). The van der Waals surface area contributed by atoms with Crippen LogP contribution in [0.1, 0.15) is 18.4 Å². The molecule has 0 amide bonds. The molecule has 110 valence electrons. The number of rotatable bonds is 5. The average Bonchev–Trinajstić information content (AvgIpc) is 3.28. The van der Waals surface area contributed by atoms with Crippen molar-refractivity contribution in [1.82, 2.24) is 10.3 Å². The van der Waals surface area contributed by atoms with Gasteiger partial charge in [-0.3, -0.25) is 0 Å². The van der Waals surface area contributed by atoms with E-state index >= 15 is 0 Å². The Hall–Kier alpha value is -1.72. The van der Waals surface area contributed by atoms with Crippen LogP contribution in [0.2, 0.25) is 5.02 Å². The van der Waals surface area contributed by atoms with Gasteiger partial charge in [-0.2, -0.15) is 0 Å². The summed E-state index contributed by atoms with van der Waals surface area (Å²) in [6, 6.07) is 5.59. The maximum absolute atomic E-state index is 13.1. The molecule has 1 aliphatic rings. The van der Waals surface area contributed by atoms with Gasteiger partial charge in [-0.25, -0.2) is 13.8 Å². The van der Waals surface area contributed by atoms with Crippen LogP contribution in [-0.4, -0.2) is 11.0 Å². The van der Waals surface area contributed by atoms with Gasteiger partial charge in [0.15, 0.2) is 11.6 Å². The molecule has 0 bridgehead atoms. The van der Waals surface area contributed by atoms with E-state index in [4.69, 9.17) is 16.3 Å². The van der Waals surface area contributed by atoms with Crippen LogP contribution in [0.3, 0.4) is 0 Å². The quantitative estimate of drug-likeness (QED) is 0.904. The van der Waals surface area contributed by atoms with Crippen molar-refractivity contribution in [3.05, 3.63) is 52.7 Å². The molecule has 3 nitrogen and oxygen atoms in total. The van der Waals surface area contributed by atoms with E-state index < -0.39 is 11.6 Å². The summed E-state index contributed by atoms with van der Waals surface area (Å²) in [4.78, 5) is 4.03. The Labute approximate surface area is 125 Å². The molecule has 0 unspecified atom stereocenters. The Morgan fingerprint density at radius 2 is 2.05 bits per heavy atom. The second kappa shape index (κ2) is 5.95. The Morgan fingerprint density at radius 3 is 2.76 bits per heavy atom. The molecule has 6 heteroatoms. The maximum atomic E-state index is 13.1. The smallest absolute Gasteiger partial charge is 0.219 e. The number of nitrogens with zero attached hydrogens (tertiary/aromatic N) is 1. The van der Waals surface area contributed by atoms with Crippen LogP contribution in [0.25, 0.3) is 0 Å². The zero-order chi connectivity index (χ0) is 14.8. The summed E-state index contributed by atoms with van der Waals surface area (Å²) in [6.07, 6.45) is 3.85. The molecule has 1 saturated carbocycles. The van der Waals surface area contributed by atoms with Gasteiger partial charge in [0.1, 0.15) is 5.75 Å². The number of benzene rings is 1. The highest BCUT2D eigenvalue weighted by atomic mass is 35.5. The zero-order valence-electron chi connectivity index (χ0n) is 11.1. The Morgan fingerprint density at radius 1 is 1.24 bits per heavy atom. The molecule has 2 aromatic rings. The number of nitrogens with one attached hydrogen (secondary N) is 1. The molecular weight excluding hydrogens is 298 g/mol. The molecule has 0 aliphatic heterocycles. The van der Waals surface area contributed by atoms with Gasteiger partial charge >= 0.3 is 0 Å². The van der Waals surface area contributed by atoms with E-state index in [1.54, 1.807) is 6.07 Å². The van der Waals surface area contributed by atoms with Gasteiger partial charge in [0.2, 0.25) is 5.88 Å². The normalized spacial score (nSPS) is 14.2. The third kappa shape index (κ3) is 3.68. The van der Waals surface area contributed by atoms with E-state index in [0.29, 0.717) is 17.6 Å². The Kier molecular flexibility index (Phi) is 4.03. The van der Waals surface area contributed by atoms with Crippen molar-refractivity contribution >= 4 is 11.6 Å². The van der Waals surface area contributed by atoms with E-state index in [2.05, 4.69) is 10.3 Å². The van der Waals surface area contributed by atoms with Crippen LogP contribution < -0.4 is 10.1 Å². The highest BCUT2D eigenvalue weighted by Crippen LogP contribution is 2.26. The van der Waals surface area contributed by atoms with E-state index in [1.165, 1.54) is 25.1 Å². The second-order valence-corrected chi connectivity index (χ2v) is 5.35. The van der Waals surface area contributed by atoms with Crippen LogP contribution in [0.15, 0.2) is 30.5 Å². The van der Waals surface area contributed by atoms with E-state index in [1.807, 2.05) is 0 Å². The summed E-state index contributed by atoms with van der Waals surface area (Å²) >= 11 is 6.08. The molecule has 0 spiro atoms. The third-order valence-corrected chi connectivity index (χ3v) is 3.52. The summed E-state index contributed by atoms with van der Waals surface area (Å²) in [6.45, 7) is 0.625. The first-order valence-corrected chi connectivity index (χ1v) is 7.00. The predicted molar refractivity (Wildman–Crippen MR) is 75.5 cm³/mol. The molecule has 0 atom stereocenters. The molecule has 1 fully saturated rings. The first kappa shape index (κ1) is 14.2. The fraction of sp³-hybridized carbons (Fsp3) is 0.267. The molecule has 1 aromatic heterocycles. The minimum Gasteiger partial charge on any atom is -0.439 e. The fourth-order valence-corrected chi connectivity index (χ4v) is 2.02. The summed E-state index contributed by atoms with van der Waals surface area (Å²) < 4.78 is 31.4. The van der Waals surface area contributed by atoms with E-state index in [0.717, 1.165) is 17.7 Å². The van der Waals surface area contributed by atoms with E-state index in [9.17, 15) is 8.78 Å². The van der Waals surface area contributed by atoms with Crippen molar-refractivity contribution in [2.75, 3.05) is 0 Å². The van der Waals surface area contributed by atoms with Gasteiger partial charge in [0.25, 0.3) is 0 Å². The third-order valence-electron chi connectivity index (χ3n) is 3.18. The van der Waals surface area contributed by atoms with Crippen LogP contribution in [0.5, 0.6) is 11.6 Å². The van der Waals surface area contributed by atoms with Crippen LogP contribution in [0.4, 0.5) is 8.78 Å². The number of halogens is 3. The summed E-state index contributed by atoms with van der Waals surface area (Å²) in [5.41, 5.74) is 0.858. The minimum atomic E-state index is -0.961. The number of hydrogen-bond acceptors (Lipinski definition) is 3. The lowest BCUT2D eigenvalue weighted by molar-refractivity contribution is 0.447. The standard InChI is InChI=1S/C15H13ClF2N2O/c16-12-8-20-15(5-9(12)7-19-10-1-2-10)21-11-3-4-13(17)14(18)6-11/h3-6,8,10,19H,1-2,7H2. The van der Waals surface area contributed by atoms with Crippen molar-refractivity contribution < 1.29 is 13.5 Å². The first-order valence-electron chi connectivity index (χ1n) is 6.62. The van der Waals surface area contributed by atoms with Gasteiger partial charge in [-0.1, -0.05) is 11.6 Å². The number of ether oxygens (including phenoxy) is 1. The second-order valence-electron chi connectivity index (χ2n) is 4.95. The lowest BCUT2D eigenvalue weighted by Crippen LogP contribution is -2.15. The van der Waals surface area contributed by atoms with Gasteiger partial charge in [0, 0.05) is 30.9 Å². The maximum Gasteiger partial charge on any atom is 0.219 e. The zero-order valence-corrected chi connectivity index (χ0v) is 11.8. The highest BCUT2D eigenvalue weighted by molar-refractivity contribution is 6.31. The van der Waals surface area contributed by atoms with Gasteiger partial charge in [-0.05, 0) is 30.5 Å². The first-order chi connectivity index (χ1) is 10.1. The van der Waals surface area contributed by atoms with Crippen molar-refractivity contribution in [2.24, 2.45) is 0 Å². The van der Waals surface area contributed by atoms with Crippen LogP contribution in [-0.2, 0) is 6.54 Å². The van der Waals surface area contributed by atoms with Crippen molar-refractivity contribution in [2.45, 2.75) is 25.4 Å². The minimum absolute atomic E-state index is 0.185. The molecule has 1 N–H and O–H groups in total. The molecular formula is C15H13ClF2N2O. The average molecular weight is 311 g/mol. The van der Waals surface area contributed by atoms with E-state index in [-0.39, 0.29) is 11.6 Å². The van der Waals surface area contributed by atoms with Gasteiger partial charge in [-0.15, -0.1) is 0 Å². The number of hydrogen-bond donors (Lipinski definition) is 1. The van der Waals surface area contributed by atoms with Crippen LogP contribution >= 0.6 is 11.6 Å². The molecule has 0 saturated heterocycles. The largest absolute Gasteiger partial charge is 0.439 e. The van der Waals surface area contributed by atoms with Crippen molar-refractivity contribution in [1.29, 1.82) is 0 Å². The van der Waals surface area contributed by atoms with Crippen LogP contribution in [0, 0.1) is 11.6 Å². The Balaban J connectivity index is 1.74. The summed E-state index contributed by atoms with van der Waals surface area (Å²) in [5, 5.41) is 3.89. The summed E-state index contributed by atoms with van der Waals surface area (Å²) in [5.74, 6) is -1.40. The topological polar surface area (TPSA) is 34.1 Å². The van der Waals surface area contributed by atoms with Gasteiger partial charge in [0.05, 0.1) is 5.02 Å². The summed E-state index contributed by atoms with van der Waals surface area (Å²) in [7, 11) is 0. The molecule has 0 radical (unpaired) electrons. The monoisotopic (exact) mass is 310 g/mol. The lowest BCUT2D eigenvalue weighted by atomic mass is 10.2. The molecule has 21 heavy (non-hydrogen) atoms. The van der Waals surface area contributed by atoms with Gasteiger partial charge < -0.3 is 10.1 Å². The SMILES string of the molecule is Fc1ccc(Oc2cc(CNC3CC3)c(Cl)cn2)cc1F. The predicted octanol–water partition coefficient (Wildman–Crippen LogP) is 4.06. The molecule has 1 aromatic carbocycles. The van der Waals surface area contributed by atoms with Crippen molar-refractivity contribution in [3.63, 3.8) is 0 Å². The number of aromatic nitrogens is 1. The van der Waals surface area contributed by atoms with Crippen molar-refractivity contribution in [3.8, 4) is 11.6 Å². The Bertz CT molecular complexity index is 662. The molecule has 1 heterocycles. The lowest BCUT2D eigenvalue weighted by Gasteiger charge is -2.09.